The maximum Gasteiger partial charge on any atom is 0.224 e. The van der Waals surface area contributed by atoms with Crippen molar-refractivity contribution in [2.75, 3.05) is 10.6 Å². The number of benzene rings is 3. The highest BCUT2D eigenvalue weighted by Gasteiger charge is 2.16. The normalized spacial score (nSPS) is 10.6. The monoisotopic (exact) mass is 419 g/mol. The largest absolute Gasteiger partial charge is 0.441 e. The van der Waals surface area contributed by atoms with Gasteiger partial charge in [-0.3, -0.25) is 4.79 Å². The van der Waals surface area contributed by atoms with Crippen LogP contribution >= 0.6 is 0 Å². The Bertz CT molecular complexity index is 1150. The number of carbonyl (C=O) groups is 1. The molecule has 0 saturated carbocycles. The van der Waals surface area contributed by atoms with Crippen LogP contribution in [0.3, 0.4) is 0 Å². The Morgan fingerprint density at radius 1 is 0.839 bits per heavy atom. The fourth-order valence-electron chi connectivity index (χ4n) is 3.04. The smallest absolute Gasteiger partial charge is 0.224 e. The molecule has 0 aliphatic rings. The fraction of sp³-hybridized carbons (Fsp3) is 0.0833. The van der Waals surface area contributed by atoms with E-state index in [9.17, 15) is 13.6 Å². The van der Waals surface area contributed by atoms with E-state index in [2.05, 4.69) is 15.6 Å². The summed E-state index contributed by atoms with van der Waals surface area (Å²) >= 11 is 0. The quantitative estimate of drug-likeness (QED) is 0.389. The van der Waals surface area contributed by atoms with Crippen LogP contribution in [0.25, 0.3) is 11.3 Å². The Kier molecular flexibility index (Phi) is 6.03. The molecule has 0 spiro atoms. The third-order valence-corrected chi connectivity index (χ3v) is 4.56. The van der Waals surface area contributed by atoms with E-state index in [4.69, 9.17) is 4.42 Å². The number of para-hydroxylation sites is 1. The molecule has 0 atom stereocenters. The Labute approximate surface area is 177 Å². The summed E-state index contributed by atoms with van der Waals surface area (Å²) in [7, 11) is 0. The maximum absolute atomic E-state index is 13.9. The number of hydrogen-bond acceptors (Lipinski definition) is 4. The van der Waals surface area contributed by atoms with Gasteiger partial charge in [0.2, 0.25) is 5.91 Å². The molecular formula is C24H19F2N3O2. The number of amides is 1. The highest BCUT2D eigenvalue weighted by Crippen LogP contribution is 2.27. The van der Waals surface area contributed by atoms with Gasteiger partial charge in [-0.05, 0) is 48.5 Å². The van der Waals surface area contributed by atoms with Gasteiger partial charge >= 0.3 is 0 Å². The molecule has 3 aromatic carbocycles. The number of nitrogens with zero attached hydrogens (tertiary/aromatic N) is 1. The molecule has 31 heavy (non-hydrogen) atoms. The van der Waals surface area contributed by atoms with Crippen LogP contribution in [0.1, 0.15) is 12.3 Å². The molecule has 1 heterocycles. The van der Waals surface area contributed by atoms with Gasteiger partial charge in [0, 0.05) is 29.9 Å². The van der Waals surface area contributed by atoms with Crippen LogP contribution in [0.2, 0.25) is 0 Å². The number of rotatable bonds is 7. The van der Waals surface area contributed by atoms with Crippen molar-refractivity contribution in [1.82, 2.24) is 4.98 Å². The van der Waals surface area contributed by atoms with Gasteiger partial charge in [-0.2, -0.15) is 0 Å². The van der Waals surface area contributed by atoms with Gasteiger partial charge < -0.3 is 15.1 Å². The molecule has 5 nitrogen and oxygen atoms in total. The molecular weight excluding hydrogens is 400 g/mol. The van der Waals surface area contributed by atoms with Gasteiger partial charge in [-0.15, -0.1) is 0 Å². The second-order valence-electron chi connectivity index (χ2n) is 6.83. The lowest BCUT2D eigenvalue weighted by molar-refractivity contribution is -0.116. The number of anilines is 3. The summed E-state index contributed by atoms with van der Waals surface area (Å²) < 4.78 is 33.1. The van der Waals surface area contributed by atoms with Gasteiger partial charge in [0.05, 0.1) is 11.8 Å². The molecule has 0 bridgehead atoms. The molecule has 0 aliphatic heterocycles. The second kappa shape index (κ2) is 9.21. The SMILES string of the molecule is O=C(CCc1ncc(-c2c(F)cccc2F)o1)Nc1ccc(Nc2ccccc2)cc1. The van der Waals surface area contributed by atoms with Crippen molar-refractivity contribution in [1.29, 1.82) is 0 Å². The predicted molar refractivity (Wildman–Crippen MR) is 115 cm³/mol. The highest BCUT2D eigenvalue weighted by molar-refractivity contribution is 5.91. The molecule has 0 saturated heterocycles. The third kappa shape index (κ3) is 5.14. The van der Waals surface area contributed by atoms with Crippen molar-refractivity contribution in [2.45, 2.75) is 12.8 Å². The van der Waals surface area contributed by atoms with Crippen LogP contribution in [0.4, 0.5) is 25.8 Å². The van der Waals surface area contributed by atoms with Crippen molar-refractivity contribution in [3.05, 3.63) is 96.5 Å². The lowest BCUT2D eigenvalue weighted by Gasteiger charge is -2.08. The summed E-state index contributed by atoms with van der Waals surface area (Å²) in [6.07, 6.45) is 1.58. The van der Waals surface area contributed by atoms with Gasteiger partial charge in [-0.25, -0.2) is 13.8 Å². The number of oxazole rings is 1. The topological polar surface area (TPSA) is 67.2 Å². The van der Waals surface area contributed by atoms with Gasteiger partial charge in [0.15, 0.2) is 11.7 Å². The van der Waals surface area contributed by atoms with Crippen molar-refractivity contribution in [3.8, 4) is 11.3 Å². The number of aromatic nitrogens is 1. The molecule has 2 N–H and O–H groups in total. The zero-order valence-electron chi connectivity index (χ0n) is 16.4. The van der Waals surface area contributed by atoms with E-state index in [0.717, 1.165) is 23.5 Å². The van der Waals surface area contributed by atoms with Gasteiger partial charge in [-0.1, -0.05) is 24.3 Å². The molecule has 0 unspecified atom stereocenters. The average molecular weight is 419 g/mol. The van der Waals surface area contributed by atoms with Crippen LogP contribution in [-0.2, 0) is 11.2 Å². The van der Waals surface area contributed by atoms with Gasteiger partial charge in [0.1, 0.15) is 11.6 Å². The number of aryl methyl sites for hydroxylation is 1. The Balaban J connectivity index is 1.31. The lowest BCUT2D eigenvalue weighted by Crippen LogP contribution is -2.12. The molecule has 4 rings (SSSR count). The summed E-state index contributed by atoms with van der Waals surface area (Å²) in [5.74, 6) is -1.46. The highest BCUT2D eigenvalue weighted by atomic mass is 19.1. The number of carbonyl (C=O) groups excluding carboxylic acids is 1. The first-order valence-corrected chi connectivity index (χ1v) is 9.69. The van der Waals surface area contributed by atoms with Crippen LogP contribution in [-0.4, -0.2) is 10.9 Å². The summed E-state index contributed by atoms with van der Waals surface area (Å²) in [5.41, 5.74) is 2.26. The summed E-state index contributed by atoms with van der Waals surface area (Å²) in [6, 6.07) is 20.7. The minimum absolute atomic E-state index is 0.00693. The van der Waals surface area contributed by atoms with Crippen LogP contribution < -0.4 is 10.6 Å². The zero-order valence-corrected chi connectivity index (χ0v) is 16.4. The first-order chi connectivity index (χ1) is 15.1. The molecule has 4 aromatic rings. The minimum atomic E-state index is -0.731. The van der Waals surface area contributed by atoms with Crippen molar-refractivity contribution >= 4 is 23.0 Å². The Hall–Kier alpha value is -4.00. The van der Waals surface area contributed by atoms with Gasteiger partial charge in [0.25, 0.3) is 0 Å². The van der Waals surface area contributed by atoms with E-state index in [0.29, 0.717) is 5.69 Å². The van der Waals surface area contributed by atoms with E-state index in [1.807, 2.05) is 42.5 Å². The van der Waals surface area contributed by atoms with Crippen molar-refractivity contribution in [3.63, 3.8) is 0 Å². The summed E-state index contributed by atoms with van der Waals surface area (Å²) in [6.45, 7) is 0. The number of hydrogen-bond donors (Lipinski definition) is 2. The molecule has 0 fully saturated rings. The first kappa shape index (κ1) is 20.3. The lowest BCUT2D eigenvalue weighted by atomic mass is 10.1. The number of halogens is 2. The fourth-order valence-corrected chi connectivity index (χ4v) is 3.04. The van der Waals surface area contributed by atoms with E-state index >= 15 is 0 Å². The predicted octanol–water partition coefficient (Wildman–Crippen LogP) is 5.93. The standard InChI is InChI=1S/C24H19F2N3O2/c25-19-7-4-8-20(26)24(19)21-15-27-23(31-21)14-13-22(30)29-18-11-9-17(10-12-18)28-16-5-2-1-3-6-16/h1-12,15,28H,13-14H2,(H,29,30). The Morgan fingerprint density at radius 3 is 2.19 bits per heavy atom. The van der Waals surface area contributed by atoms with Crippen LogP contribution in [0.15, 0.2) is 83.4 Å². The van der Waals surface area contributed by atoms with E-state index in [1.54, 1.807) is 12.1 Å². The minimum Gasteiger partial charge on any atom is -0.441 e. The van der Waals surface area contributed by atoms with E-state index < -0.39 is 11.6 Å². The summed E-state index contributed by atoms with van der Waals surface area (Å²) in [4.78, 5) is 16.2. The van der Waals surface area contributed by atoms with E-state index in [1.165, 1.54) is 12.3 Å². The third-order valence-electron chi connectivity index (χ3n) is 4.56. The molecule has 1 amide bonds. The molecule has 1 aromatic heterocycles. The Morgan fingerprint density at radius 2 is 1.48 bits per heavy atom. The zero-order chi connectivity index (χ0) is 21.6. The molecule has 0 aliphatic carbocycles. The maximum atomic E-state index is 13.9. The molecule has 156 valence electrons. The van der Waals surface area contributed by atoms with Crippen molar-refractivity contribution < 1.29 is 18.0 Å². The summed E-state index contributed by atoms with van der Waals surface area (Å²) in [5, 5.41) is 6.07. The molecule has 0 radical (unpaired) electrons. The number of nitrogens with one attached hydrogen (secondary N) is 2. The van der Waals surface area contributed by atoms with Crippen LogP contribution in [0.5, 0.6) is 0 Å². The molecule has 7 heteroatoms. The average Bonchev–Trinajstić information content (AvgIpc) is 3.23. The van der Waals surface area contributed by atoms with Crippen molar-refractivity contribution in [2.24, 2.45) is 0 Å². The first-order valence-electron chi connectivity index (χ1n) is 9.69. The van der Waals surface area contributed by atoms with E-state index in [-0.39, 0.29) is 36.0 Å². The second-order valence-corrected chi connectivity index (χ2v) is 6.83. The van der Waals surface area contributed by atoms with Crippen LogP contribution in [0, 0.1) is 11.6 Å².